The summed E-state index contributed by atoms with van der Waals surface area (Å²) in [4.78, 5) is 32.4. The number of carbonyl (C=O) groups is 1. The van der Waals surface area contributed by atoms with Gasteiger partial charge in [-0.15, -0.1) is 0 Å². The van der Waals surface area contributed by atoms with Crippen LogP contribution in [0.3, 0.4) is 0 Å². The number of fused-ring (bicyclic) bond motifs is 3. The average Bonchev–Trinajstić information content (AvgIpc) is 3.59. The van der Waals surface area contributed by atoms with Crippen molar-refractivity contribution in [3.63, 3.8) is 0 Å². The summed E-state index contributed by atoms with van der Waals surface area (Å²) in [6.45, 7) is 7.15. The van der Waals surface area contributed by atoms with Crippen LogP contribution in [0.15, 0.2) is 55.3 Å². The van der Waals surface area contributed by atoms with Crippen LogP contribution in [-0.4, -0.2) is 83.1 Å². The fourth-order valence-electron chi connectivity index (χ4n) is 7.04. The third-order valence-corrected chi connectivity index (χ3v) is 9.60. The van der Waals surface area contributed by atoms with Crippen molar-refractivity contribution in [2.45, 2.75) is 18.9 Å². The Morgan fingerprint density at radius 3 is 2.82 bits per heavy atom. The molecular formula is C33H31ClFN7O2. The van der Waals surface area contributed by atoms with E-state index in [9.17, 15) is 10.1 Å². The smallest absolute Gasteiger partial charge is 0.319 e. The molecule has 3 aliphatic rings. The van der Waals surface area contributed by atoms with E-state index in [0.29, 0.717) is 59.3 Å². The largest absolute Gasteiger partial charge is 0.463 e. The molecule has 0 radical (unpaired) electrons. The number of amides is 1. The molecule has 3 fully saturated rings. The Bertz CT molecular complexity index is 1860. The molecule has 3 atom stereocenters. The second kappa shape index (κ2) is 11.0. The minimum atomic E-state index is -0.597. The van der Waals surface area contributed by atoms with E-state index < -0.39 is 5.82 Å². The van der Waals surface area contributed by atoms with E-state index in [2.05, 4.69) is 34.6 Å². The van der Waals surface area contributed by atoms with E-state index in [1.165, 1.54) is 6.08 Å². The Morgan fingerprint density at radius 1 is 1.25 bits per heavy atom. The number of benzene rings is 2. The van der Waals surface area contributed by atoms with Crippen molar-refractivity contribution in [3.8, 4) is 23.3 Å². The van der Waals surface area contributed by atoms with Gasteiger partial charge < -0.3 is 19.4 Å². The summed E-state index contributed by atoms with van der Waals surface area (Å²) in [5.41, 5.74) is 0.862. The maximum atomic E-state index is 16.6. The van der Waals surface area contributed by atoms with Crippen LogP contribution in [0, 0.1) is 28.5 Å². The van der Waals surface area contributed by atoms with Crippen LogP contribution in [0.4, 0.5) is 10.2 Å². The Labute approximate surface area is 259 Å². The monoisotopic (exact) mass is 611 g/mol. The lowest BCUT2D eigenvalue weighted by Crippen LogP contribution is -2.55. The molecular weight excluding hydrogens is 581 g/mol. The minimum absolute atomic E-state index is 0.0729. The molecule has 9 nitrogen and oxygen atoms in total. The Kier molecular flexibility index (Phi) is 7.10. The number of hydrogen-bond acceptors (Lipinski definition) is 8. The van der Waals surface area contributed by atoms with E-state index in [4.69, 9.17) is 21.3 Å². The van der Waals surface area contributed by atoms with E-state index in [1.807, 2.05) is 29.2 Å². The third kappa shape index (κ3) is 4.81. The Morgan fingerprint density at radius 2 is 2.07 bits per heavy atom. The van der Waals surface area contributed by atoms with Crippen molar-refractivity contribution >= 4 is 45.0 Å². The molecule has 1 saturated carbocycles. The van der Waals surface area contributed by atoms with Gasteiger partial charge in [-0.25, -0.2) is 4.39 Å². The van der Waals surface area contributed by atoms with Crippen LogP contribution in [-0.2, 0) is 4.79 Å². The molecule has 4 aromatic rings. The quantitative estimate of drug-likeness (QED) is 0.267. The van der Waals surface area contributed by atoms with Crippen LogP contribution >= 0.6 is 11.6 Å². The molecule has 2 unspecified atom stereocenters. The van der Waals surface area contributed by atoms with E-state index in [-0.39, 0.29) is 41.0 Å². The lowest BCUT2D eigenvalue weighted by molar-refractivity contribution is -0.128. The van der Waals surface area contributed by atoms with Gasteiger partial charge in [0.05, 0.1) is 30.5 Å². The van der Waals surface area contributed by atoms with Gasteiger partial charge >= 0.3 is 6.01 Å². The third-order valence-electron chi connectivity index (χ3n) is 9.28. The number of pyridine rings is 1. The van der Waals surface area contributed by atoms with E-state index in [1.54, 1.807) is 23.2 Å². The first-order valence-corrected chi connectivity index (χ1v) is 15.1. The summed E-state index contributed by atoms with van der Waals surface area (Å²) >= 11 is 6.59. The minimum Gasteiger partial charge on any atom is -0.463 e. The highest BCUT2D eigenvalue weighted by Gasteiger charge is 2.59. The fourth-order valence-corrected chi connectivity index (χ4v) is 7.32. The molecule has 2 aromatic heterocycles. The van der Waals surface area contributed by atoms with Crippen LogP contribution < -0.4 is 9.64 Å². The molecule has 11 heteroatoms. The van der Waals surface area contributed by atoms with Crippen LogP contribution in [0.25, 0.3) is 32.9 Å². The fraction of sp³-hybridized carbons (Fsp3) is 0.364. The maximum absolute atomic E-state index is 16.6. The first-order chi connectivity index (χ1) is 21.3. The number of anilines is 1. The summed E-state index contributed by atoms with van der Waals surface area (Å²) in [5.74, 6) is 0.215. The lowest BCUT2D eigenvalue weighted by Gasteiger charge is -2.41. The topological polar surface area (TPSA) is 98.5 Å². The number of rotatable bonds is 7. The molecule has 44 heavy (non-hydrogen) atoms. The molecule has 0 bridgehead atoms. The zero-order chi connectivity index (χ0) is 30.6. The van der Waals surface area contributed by atoms with E-state index >= 15 is 4.39 Å². The molecule has 1 amide bonds. The zero-order valence-corrected chi connectivity index (χ0v) is 25.1. The van der Waals surface area contributed by atoms with Gasteiger partial charge in [-0.2, -0.15) is 15.2 Å². The number of aromatic nitrogens is 3. The number of ether oxygens (including phenoxy) is 1. The van der Waals surface area contributed by atoms with Gasteiger partial charge in [0, 0.05) is 60.3 Å². The highest BCUT2D eigenvalue weighted by atomic mass is 35.5. The lowest BCUT2D eigenvalue weighted by atomic mass is 10.0. The van der Waals surface area contributed by atoms with Gasteiger partial charge in [0.2, 0.25) is 5.91 Å². The van der Waals surface area contributed by atoms with Crippen LogP contribution in [0.1, 0.15) is 12.8 Å². The molecule has 1 aliphatic carbocycles. The van der Waals surface area contributed by atoms with Crippen LogP contribution in [0.5, 0.6) is 6.01 Å². The molecule has 224 valence electrons. The Hall–Kier alpha value is -4.33. The van der Waals surface area contributed by atoms with Gasteiger partial charge in [-0.1, -0.05) is 48.5 Å². The van der Waals surface area contributed by atoms with Gasteiger partial charge in [0.1, 0.15) is 17.0 Å². The van der Waals surface area contributed by atoms with Crippen molar-refractivity contribution in [2.75, 3.05) is 51.3 Å². The number of halogens is 2. The number of piperazine rings is 1. The first kappa shape index (κ1) is 28.4. The highest BCUT2D eigenvalue weighted by Crippen LogP contribution is 2.57. The van der Waals surface area contributed by atoms with Crippen molar-refractivity contribution in [2.24, 2.45) is 11.3 Å². The van der Waals surface area contributed by atoms with Crippen molar-refractivity contribution in [1.82, 2.24) is 24.8 Å². The van der Waals surface area contributed by atoms with Gasteiger partial charge in [-0.3, -0.25) is 9.78 Å². The van der Waals surface area contributed by atoms with Gasteiger partial charge in [0.15, 0.2) is 5.82 Å². The second-order valence-corrected chi connectivity index (χ2v) is 12.5. The zero-order valence-electron chi connectivity index (χ0n) is 24.3. The maximum Gasteiger partial charge on any atom is 0.319 e. The summed E-state index contributed by atoms with van der Waals surface area (Å²) in [6, 6.07) is 13.0. The number of carbonyl (C=O) groups excluding carboxylic acids is 1. The SMILES string of the molecule is C=CC(=O)N1CCN(c2nc(OCC34CC3CN(C)C4)nc3c(F)c(-c4cccc5cccc(Cl)c45)ncc23)C[C@@H]1CC#N. The summed E-state index contributed by atoms with van der Waals surface area (Å²) < 4.78 is 22.9. The number of nitriles is 1. The molecule has 2 saturated heterocycles. The number of piperidine rings is 1. The van der Waals surface area contributed by atoms with E-state index in [0.717, 1.165) is 24.9 Å². The average molecular weight is 612 g/mol. The summed E-state index contributed by atoms with van der Waals surface area (Å²) in [7, 11) is 2.11. The molecule has 2 aliphatic heterocycles. The predicted octanol–water partition coefficient (Wildman–Crippen LogP) is 5.08. The van der Waals surface area contributed by atoms with Gasteiger partial charge in [-0.05, 0) is 36.9 Å². The molecule has 0 spiro atoms. The molecule has 7 rings (SSSR count). The van der Waals surface area contributed by atoms with Crippen molar-refractivity contribution < 1.29 is 13.9 Å². The molecule has 0 N–H and O–H groups in total. The van der Waals surface area contributed by atoms with Gasteiger partial charge in [0.25, 0.3) is 0 Å². The summed E-state index contributed by atoms with van der Waals surface area (Å²) in [6.07, 6.45) is 4.08. The predicted molar refractivity (Wildman–Crippen MR) is 167 cm³/mol. The van der Waals surface area contributed by atoms with Crippen molar-refractivity contribution in [1.29, 1.82) is 5.26 Å². The van der Waals surface area contributed by atoms with Crippen molar-refractivity contribution in [3.05, 3.63) is 66.1 Å². The molecule has 4 heterocycles. The van der Waals surface area contributed by atoms with Crippen LogP contribution in [0.2, 0.25) is 5.02 Å². The molecule has 2 aromatic carbocycles. The summed E-state index contributed by atoms with van der Waals surface area (Å²) in [5, 5.41) is 12.0. The Balaban J connectivity index is 1.33. The first-order valence-electron chi connectivity index (χ1n) is 14.7. The highest BCUT2D eigenvalue weighted by molar-refractivity contribution is 6.36. The number of likely N-dealkylation sites (tertiary alicyclic amines) is 1. The number of nitrogens with zero attached hydrogens (tertiary/aromatic N) is 7. The standard InChI is InChI=1S/C33H31ClFN7O2/c1-3-26(43)42-13-12-41(17-22(42)10-11-36)31-24-15-37-29(23-8-4-6-20-7-5-9-25(34)27(20)23)28(35)30(24)38-32(39-31)44-19-33-14-21(33)16-40(2)18-33/h3-9,15,21-22H,1,10,12-14,16-19H2,2H3/t21?,22-,33?/m0/s1. The number of hydrogen-bond donors (Lipinski definition) is 0. The normalized spacial score (nSPS) is 23.0. The second-order valence-electron chi connectivity index (χ2n) is 12.1.